The van der Waals surface area contributed by atoms with E-state index in [1.165, 1.54) is 6.08 Å². The maximum atomic E-state index is 11.0. The number of ketones is 1. The van der Waals surface area contributed by atoms with Crippen molar-refractivity contribution in [1.29, 1.82) is 0 Å². The van der Waals surface area contributed by atoms with Gasteiger partial charge in [-0.15, -0.1) is 0 Å². The zero-order chi connectivity index (χ0) is 10.3. The Balaban J connectivity index is 3.81. The molecule has 1 unspecified atom stereocenters. The molecule has 0 aromatic carbocycles. The third-order valence-electron chi connectivity index (χ3n) is 1.32. The van der Waals surface area contributed by atoms with Crippen molar-refractivity contribution in [2.45, 2.75) is 12.5 Å². The van der Waals surface area contributed by atoms with Crippen LogP contribution in [0.5, 0.6) is 0 Å². The highest BCUT2D eigenvalue weighted by molar-refractivity contribution is 5.87. The van der Waals surface area contributed by atoms with Gasteiger partial charge in [0.25, 0.3) is 0 Å². The lowest BCUT2D eigenvalue weighted by Crippen LogP contribution is -2.36. The van der Waals surface area contributed by atoms with Crippen LogP contribution in [0.2, 0.25) is 0 Å². The van der Waals surface area contributed by atoms with Crippen LogP contribution in [-0.2, 0) is 14.3 Å². The maximum Gasteiger partial charge on any atom is 0.323 e. The standard InChI is InChI=1S/C8H14N2O3/c1-2-3-13-8(12)7(10)4-6(11)5-9/h2,7H,1,3-5,9-10H2. The van der Waals surface area contributed by atoms with Gasteiger partial charge in [-0.25, -0.2) is 0 Å². The number of esters is 1. The highest BCUT2D eigenvalue weighted by Gasteiger charge is 2.17. The van der Waals surface area contributed by atoms with Crippen LogP contribution in [0, 0.1) is 0 Å². The van der Waals surface area contributed by atoms with Crippen molar-refractivity contribution in [3.8, 4) is 0 Å². The van der Waals surface area contributed by atoms with E-state index in [0.29, 0.717) is 0 Å². The van der Waals surface area contributed by atoms with E-state index >= 15 is 0 Å². The average Bonchev–Trinajstić information content (AvgIpc) is 2.13. The molecule has 13 heavy (non-hydrogen) atoms. The predicted octanol–water partition coefficient (Wildman–Crippen LogP) is -1.04. The molecule has 5 nitrogen and oxygen atoms in total. The summed E-state index contributed by atoms with van der Waals surface area (Å²) in [4.78, 5) is 21.7. The van der Waals surface area contributed by atoms with Gasteiger partial charge in [0.15, 0.2) is 0 Å². The van der Waals surface area contributed by atoms with E-state index in [9.17, 15) is 9.59 Å². The van der Waals surface area contributed by atoms with Gasteiger partial charge >= 0.3 is 5.97 Å². The molecule has 0 saturated heterocycles. The van der Waals surface area contributed by atoms with Crippen molar-refractivity contribution in [1.82, 2.24) is 0 Å². The van der Waals surface area contributed by atoms with Crippen LogP contribution in [0.4, 0.5) is 0 Å². The summed E-state index contributed by atoms with van der Waals surface area (Å²) in [6, 6.07) is -0.920. The summed E-state index contributed by atoms with van der Waals surface area (Å²) in [5, 5.41) is 0. The number of carbonyl (C=O) groups excluding carboxylic acids is 2. The van der Waals surface area contributed by atoms with Crippen LogP contribution in [0.25, 0.3) is 0 Å². The van der Waals surface area contributed by atoms with Crippen molar-refractivity contribution in [2.75, 3.05) is 13.2 Å². The molecule has 0 aliphatic heterocycles. The molecular formula is C8H14N2O3. The second kappa shape index (κ2) is 6.33. The molecule has 0 fully saturated rings. The molecule has 0 radical (unpaired) electrons. The third kappa shape index (κ3) is 5.10. The average molecular weight is 186 g/mol. The minimum Gasteiger partial charge on any atom is -0.460 e. The molecule has 5 heteroatoms. The SMILES string of the molecule is C=CCOC(=O)C(N)CC(=O)CN. The van der Waals surface area contributed by atoms with Crippen LogP contribution in [0.15, 0.2) is 12.7 Å². The Morgan fingerprint density at radius 1 is 1.54 bits per heavy atom. The molecule has 0 bridgehead atoms. The first kappa shape index (κ1) is 11.8. The summed E-state index contributed by atoms with van der Waals surface area (Å²) in [6.07, 6.45) is 1.35. The Morgan fingerprint density at radius 2 is 2.15 bits per heavy atom. The second-order valence-electron chi connectivity index (χ2n) is 2.47. The highest BCUT2D eigenvalue weighted by Crippen LogP contribution is 1.93. The van der Waals surface area contributed by atoms with Crippen molar-refractivity contribution < 1.29 is 14.3 Å². The number of hydrogen-bond acceptors (Lipinski definition) is 5. The summed E-state index contributed by atoms with van der Waals surface area (Å²) < 4.78 is 4.62. The van der Waals surface area contributed by atoms with Gasteiger partial charge < -0.3 is 16.2 Å². The van der Waals surface area contributed by atoms with Gasteiger partial charge in [-0.2, -0.15) is 0 Å². The predicted molar refractivity (Wildman–Crippen MR) is 47.8 cm³/mol. The first-order chi connectivity index (χ1) is 6.11. The molecule has 0 aromatic rings. The molecule has 4 N–H and O–H groups in total. The number of ether oxygens (including phenoxy) is 1. The highest BCUT2D eigenvalue weighted by atomic mass is 16.5. The smallest absolute Gasteiger partial charge is 0.323 e. The zero-order valence-corrected chi connectivity index (χ0v) is 7.36. The fourth-order valence-electron chi connectivity index (χ4n) is 0.660. The normalized spacial score (nSPS) is 11.8. The molecular weight excluding hydrogens is 172 g/mol. The van der Waals surface area contributed by atoms with Gasteiger partial charge in [0, 0.05) is 6.42 Å². The van der Waals surface area contributed by atoms with Crippen molar-refractivity contribution in [3.05, 3.63) is 12.7 Å². The van der Waals surface area contributed by atoms with Crippen molar-refractivity contribution in [2.24, 2.45) is 11.5 Å². The van der Waals surface area contributed by atoms with Gasteiger partial charge in [0.05, 0.1) is 6.54 Å². The van der Waals surface area contributed by atoms with E-state index in [2.05, 4.69) is 11.3 Å². The molecule has 0 aliphatic carbocycles. The molecule has 0 aromatic heterocycles. The van der Waals surface area contributed by atoms with E-state index in [1.807, 2.05) is 0 Å². The number of hydrogen-bond donors (Lipinski definition) is 2. The van der Waals surface area contributed by atoms with Crippen LogP contribution < -0.4 is 11.5 Å². The molecule has 0 aliphatic rings. The van der Waals surface area contributed by atoms with E-state index in [-0.39, 0.29) is 25.4 Å². The number of rotatable bonds is 6. The second-order valence-corrected chi connectivity index (χ2v) is 2.47. The molecule has 0 heterocycles. The third-order valence-corrected chi connectivity index (χ3v) is 1.32. The Labute approximate surface area is 76.7 Å². The lowest BCUT2D eigenvalue weighted by Gasteiger charge is -2.08. The van der Waals surface area contributed by atoms with Crippen LogP contribution >= 0.6 is 0 Å². The van der Waals surface area contributed by atoms with E-state index in [0.717, 1.165) is 0 Å². The molecule has 74 valence electrons. The van der Waals surface area contributed by atoms with E-state index < -0.39 is 12.0 Å². The minimum absolute atomic E-state index is 0.0769. The van der Waals surface area contributed by atoms with E-state index in [1.54, 1.807) is 0 Å². The quantitative estimate of drug-likeness (QED) is 0.408. The van der Waals surface area contributed by atoms with E-state index in [4.69, 9.17) is 11.5 Å². The fourth-order valence-corrected chi connectivity index (χ4v) is 0.660. The molecule has 0 saturated carbocycles. The number of nitrogens with two attached hydrogens (primary N) is 2. The zero-order valence-electron chi connectivity index (χ0n) is 7.36. The van der Waals surface area contributed by atoms with Gasteiger partial charge in [-0.1, -0.05) is 12.7 Å². The van der Waals surface area contributed by atoms with Gasteiger partial charge in [0.2, 0.25) is 0 Å². The number of Topliss-reactive ketones (excluding diaryl/α,β-unsaturated/α-hetero) is 1. The van der Waals surface area contributed by atoms with Crippen LogP contribution in [0.1, 0.15) is 6.42 Å². The minimum atomic E-state index is -0.920. The van der Waals surface area contributed by atoms with Crippen LogP contribution in [0.3, 0.4) is 0 Å². The molecule has 0 amide bonds. The van der Waals surface area contributed by atoms with Crippen molar-refractivity contribution in [3.63, 3.8) is 0 Å². The van der Waals surface area contributed by atoms with Gasteiger partial charge in [-0.05, 0) is 0 Å². The van der Waals surface area contributed by atoms with Crippen LogP contribution in [-0.4, -0.2) is 30.9 Å². The Hall–Kier alpha value is -1.20. The van der Waals surface area contributed by atoms with Gasteiger partial charge in [0.1, 0.15) is 18.4 Å². The Morgan fingerprint density at radius 3 is 2.62 bits per heavy atom. The summed E-state index contributed by atoms with van der Waals surface area (Å²) in [5.74, 6) is -0.871. The lowest BCUT2D eigenvalue weighted by atomic mass is 10.1. The first-order valence-electron chi connectivity index (χ1n) is 3.86. The summed E-state index contributed by atoms with van der Waals surface area (Å²) in [6.45, 7) is 3.36. The molecule has 0 spiro atoms. The summed E-state index contributed by atoms with van der Waals surface area (Å²) in [7, 11) is 0. The van der Waals surface area contributed by atoms with Crippen molar-refractivity contribution >= 4 is 11.8 Å². The fraction of sp³-hybridized carbons (Fsp3) is 0.500. The summed E-state index contributed by atoms with van der Waals surface area (Å²) in [5.41, 5.74) is 10.4. The summed E-state index contributed by atoms with van der Waals surface area (Å²) >= 11 is 0. The maximum absolute atomic E-state index is 11.0. The number of carbonyl (C=O) groups is 2. The largest absolute Gasteiger partial charge is 0.460 e. The lowest BCUT2D eigenvalue weighted by molar-refractivity contribution is -0.145. The molecule has 0 rings (SSSR count). The topological polar surface area (TPSA) is 95.4 Å². The Kier molecular flexibility index (Phi) is 5.75. The monoisotopic (exact) mass is 186 g/mol. The van der Waals surface area contributed by atoms with Gasteiger partial charge in [-0.3, -0.25) is 9.59 Å². The first-order valence-corrected chi connectivity index (χ1v) is 3.86. The molecule has 1 atom stereocenters. The Bertz CT molecular complexity index is 204.